The smallest absolute Gasteiger partial charge is 0.252 e. The second-order valence-corrected chi connectivity index (χ2v) is 23.9. The Morgan fingerprint density at radius 3 is 1.30 bits per heavy atom. The molecule has 17 aromatic rings. The Balaban J connectivity index is 0.956. The second-order valence-electron chi connectivity index (χ2n) is 23.9. The van der Waals surface area contributed by atoms with Gasteiger partial charge < -0.3 is 23.4 Å². The maximum absolute atomic E-state index is 7.47. The summed E-state index contributed by atoms with van der Waals surface area (Å²) in [5.41, 5.74) is 27.8. The molecule has 418 valence electrons. The average Bonchev–Trinajstić information content (AvgIpc) is 1.14. The molecule has 0 radical (unpaired) electrons. The quantitative estimate of drug-likeness (QED) is 0.142. The highest BCUT2D eigenvalue weighted by Crippen LogP contribution is 2.53. The van der Waals surface area contributed by atoms with Gasteiger partial charge in [0.25, 0.3) is 6.71 Å². The fraction of sp³-hybridized carbons (Fsp3) is 0. The molecular formula is C84H53BN4O. The molecule has 2 aliphatic rings. The molecule has 0 saturated carbocycles. The molecule has 0 unspecified atom stereocenters. The summed E-state index contributed by atoms with van der Waals surface area (Å²) < 4.78 is 12.4. The lowest BCUT2D eigenvalue weighted by Crippen LogP contribution is -2.61. The first kappa shape index (κ1) is 50.3. The molecule has 6 heteroatoms. The van der Waals surface area contributed by atoms with Gasteiger partial charge in [-0.2, -0.15) is 0 Å². The van der Waals surface area contributed by atoms with Crippen molar-refractivity contribution < 1.29 is 4.42 Å². The van der Waals surface area contributed by atoms with Gasteiger partial charge in [0.15, 0.2) is 5.58 Å². The van der Waals surface area contributed by atoms with Crippen LogP contribution in [0, 0.1) is 0 Å². The van der Waals surface area contributed by atoms with Crippen LogP contribution in [0.15, 0.2) is 326 Å². The van der Waals surface area contributed by atoms with E-state index in [0.29, 0.717) is 0 Å². The Morgan fingerprint density at radius 2 is 0.700 bits per heavy atom. The first-order chi connectivity index (χ1) is 44.7. The maximum Gasteiger partial charge on any atom is 0.252 e. The van der Waals surface area contributed by atoms with E-state index in [4.69, 9.17) is 4.42 Å². The van der Waals surface area contributed by atoms with E-state index in [1.165, 1.54) is 71.2 Å². The normalized spacial score (nSPS) is 12.6. The highest BCUT2D eigenvalue weighted by molar-refractivity contribution is 7.00. The van der Waals surface area contributed by atoms with Crippen LogP contribution in [-0.2, 0) is 0 Å². The Morgan fingerprint density at radius 1 is 0.256 bits per heavy atom. The topological polar surface area (TPSA) is 29.5 Å². The SMILES string of the molecule is c1ccc(-c2ccc(-c3ccccc3N3c4cc5c6ccccc6n(-c6ccccc6)c5cc4B4c5cc(-n6c7ccccc7c7ccccc76)ccc5N(c5ccccc5-c5ccc(-c6ccccc6)cc5)c5c4c3cc3c5oc4ccccc43)cc2)cc1. The third-order valence-corrected chi connectivity index (χ3v) is 19.1. The molecule has 2 aliphatic heterocycles. The molecule has 0 amide bonds. The Labute approximate surface area is 520 Å². The zero-order chi connectivity index (χ0) is 59.0. The zero-order valence-corrected chi connectivity index (χ0v) is 48.9. The van der Waals surface area contributed by atoms with E-state index in [-0.39, 0.29) is 6.71 Å². The predicted molar refractivity (Wildman–Crippen MR) is 378 cm³/mol. The molecule has 5 nitrogen and oxygen atoms in total. The summed E-state index contributed by atoms with van der Waals surface area (Å²) in [7, 11) is 0. The monoisotopic (exact) mass is 1140 g/mol. The van der Waals surface area contributed by atoms with Gasteiger partial charge in [-0.3, -0.25) is 0 Å². The molecule has 0 spiro atoms. The minimum atomic E-state index is -0.292. The third kappa shape index (κ3) is 7.52. The van der Waals surface area contributed by atoms with Crippen LogP contribution >= 0.6 is 0 Å². The van der Waals surface area contributed by atoms with Crippen LogP contribution in [0.25, 0.3) is 121 Å². The number of benzene rings is 14. The van der Waals surface area contributed by atoms with Gasteiger partial charge in [-0.25, -0.2) is 0 Å². The van der Waals surface area contributed by atoms with Crippen LogP contribution in [0.3, 0.4) is 0 Å². The molecule has 0 N–H and O–H groups in total. The summed E-state index contributed by atoms with van der Waals surface area (Å²) in [5.74, 6) is 0. The summed E-state index contributed by atoms with van der Waals surface area (Å²) in [6.45, 7) is -0.292. The van der Waals surface area contributed by atoms with Crippen molar-refractivity contribution in [2.24, 2.45) is 0 Å². The minimum Gasteiger partial charge on any atom is -0.454 e. The Bertz CT molecular complexity index is 5680. The number of fused-ring (bicyclic) bond motifs is 14. The van der Waals surface area contributed by atoms with Gasteiger partial charge in [-0.1, -0.05) is 237 Å². The average molecular weight is 1150 g/mol. The van der Waals surface area contributed by atoms with Crippen molar-refractivity contribution in [3.8, 4) is 55.9 Å². The molecule has 14 aromatic carbocycles. The van der Waals surface area contributed by atoms with Crippen molar-refractivity contribution in [3.05, 3.63) is 322 Å². The molecule has 19 rings (SSSR count). The third-order valence-electron chi connectivity index (χ3n) is 19.1. The van der Waals surface area contributed by atoms with E-state index in [2.05, 4.69) is 340 Å². The summed E-state index contributed by atoms with van der Waals surface area (Å²) >= 11 is 0. The van der Waals surface area contributed by atoms with Crippen molar-refractivity contribution in [1.29, 1.82) is 0 Å². The number of para-hydroxylation sites is 7. The number of hydrogen-bond donors (Lipinski definition) is 0. The number of hydrogen-bond acceptors (Lipinski definition) is 3. The van der Waals surface area contributed by atoms with Crippen LogP contribution < -0.4 is 26.2 Å². The molecular weight excluding hydrogens is 1090 g/mol. The van der Waals surface area contributed by atoms with E-state index >= 15 is 0 Å². The zero-order valence-electron chi connectivity index (χ0n) is 48.9. The molecule has 0 bridgehead atoms. The Hall–Kier alpha value is -11.9. The fourth-order valence-electron chi connectivity index (χ4n) is 15.2. The number of rotatable bonds is 8. The van der Waals surface area contributed by atoms with Gasteiger partial charge in [-0.15, -0.1) is 0 Å². The van der Waals surface area contributed by atoms with E-state index in [1.807, 2.05) is 0 Å². The second kappa shape index (κ2) is 19.8. The van der Waals surface area contributed by atoms with Crippen LogP contribution in [0.4, 0.5) is 34.1 Å². The van der Waals surface area contributed by atoms with Crippen molar-refractivity contribution in [2.75, 3.05) is 9.80 Å². The first-order valence-electron chi connectivity index (χ1n) is 31.0. The maximum atomic E-state index is 7.47. The molecule has 0 aliphatic carbocycles. The van der Waals surface area contributed by atoms with Crippen molar-refractivity contribution >= 4 is 123 Å². The van der Waals surface area contributed by atoms with Gasteiger partial charge >= 0.3 is 0 Å². The Kier molecular flexibility index (Phi) is 11.1. The van der Waals surface area contributed by atoms with E-state index in [1.54, 1.807) is 0 Å². The van der Waals surface area contributed by atoms with Crippen LogP contribution in [-0.4, -0.2) is 15.8 Å². The number of aromatic nitrogens is 2. The van der Waals surface area contributed by atoms with Gasteiger partial charge in [0.1, 0.15) is 5.58 Å². The van der Waals surface area contributed by atoms with Crippen LogP contribution in [0.2, 0.25) is 0 Å². The van der Waals surface area contributed by atoms with Gasteiger partial charge in [0.2, 0.25) is 0 Å². The molecule has 3 aromatic heterocycles. The lowest BCUT2D eigenvalue weighted by molar-refractivity contribution is 0.669. The molecule has 5 heterocycles. The lowest BCUT2D eigenvalue weighted by Gasteiger charge is -2.45. The summed E-state index contributed by atoms with van der Waals surface area (Å²) in [6.07, 6.45) is 0. The predicted octanol–water partition coefficient (Wildman–Crippen LogP) is 20.5. The highest BCUT2D eigenvalue weighted by Gasteiger charge is 2.47. The van der Waals surface area contributed by atoms with Crippen molar-refractivity contribution in [2.45, 2.75) is 0 Å². The van der Waals surface area contributed by atoms with Crippen LogP contribution in [0.5, 0.6) is 0 Å². The lowest BCUT2D eigenvalue weighted by atomic mass is 9.33. The van der Waals surface area contributed by atoms with Gasteiger partial charge in [0.05, 0.1) is 39.1 Å². The number of furan rings is 1. The van der Waals surface area contributed by atoms with Gasteiger partial charge in [-0.05, 0) is 135 Å². The van der Waals surface area contributed by atoms with E-state index < -0.39 is 0 Å². The number of nitrogens with zero attached hydrogens (tertiary/aromatic N) is 4. The summed E-state index contributed by atoms with van der Waals surface area (Å²) in [5, 5.41) is 6.95. The molecule has 0 atom stereocenters. The van der Waals surface area contributed by atoms with Crippen LogP contribution in [0.1, 0.15) is 0 Å². The van der Waals surface area contributed by atoms with E-state index in [9.17, 15) is 0 Å². The standard InChI is InChI=1S/C84H53BN4O/c1-4-22-54(23-5-1)56-40-44-58(45-41-56)62-28-10-16-34-72(62)88-79-51-68-66-32-14-20-38-76(66)86(60-26-8-3-9-27-60)78(68)53-71(79)85-70-50-61(87-74-36-18-12-30-64(74)65-31-13-19-37-75(65)87)48-49-77(70)89(83-82(85)80(88)52-69-67-33-15-21-39-81(67)90-84(69)83)73-35-17-11-29-63(73)59-46-42-57(43-47-59)55-24-6-2-7-25-55/h1-53H. The molecule has 90 heavy (non-hydrogen) atoms. The largest absolute Gasteiger partial charge is 0.454 e. The van der Waals surface area contributed by atoms with Gasteiger partial charge in [0, 0.05) is 71.9 Å². The minimum absolute atomic E-state index is 0.292. The summed E-state index contributed by atoms with van der Waals surface area (Å²) in [4.78, 5) is 5.16. The molecule has 0 saturated heterocycles. The fourth-order valence-corrected chi connectivity index (χ4v) is 15.2. The van der Waals surface area contributed by atoms with E-state index in [0.717, 1.165) is 101 Å². The highest BCUT2D eigenvalue weighted by atomic mass is 16.3. The van der Waals surface area contributed by atoms with Crippen molar-refractivity contribution in [3.63, 3.8) is 0 Å². The molecule has 0 fully saturated rings. The number of anilines is 6. The first-order valence-corrected chi connectivity index (χ1v) is 31.0. The van der Waals surface area contributed by atoms with Crippen molar-refractivity contribution in [1.82, 2.24) is 9.13 Å². The summed E-state index contributed by atoms with van der Waals surface area (Å²) in [6, 6.07) is 118.